The molecule has 2 aliphatic heterocycles. The molecular formula is C12H17N3OS. The van der Waals surface area contributed by atoms with E-state index >= 15 is 0 Å². The zero-order valence-electron chi connectivity index (χ0n) is 9.93. The minimum atomic E-state index is 0.00375. The highest BCUT2D eigenvalue weighted by Crippen LogP contribution is 2.27. The lowest BCUT2D eigenvalue weighted by molar-refractivity contribution is 0.231. The SMILES string of the molecule is CSc1ccn(C(=O)N[C@H]2CN3CC[C@H]2C3)c1. The van der Waals surface area contributed by atoms with Gasteiger partial charge in [-0.15, -0.1) is 11.8 Å². The fourth-order valence-electron chi connectivity index (χ4n) is 2.80. The first-order valence-corrected chi connectivity index (χ1v) is 7.24. The molecule has 1 N–H and O–H groups in total. The van der Waals surface area contributed by atoms with Crippen molar-refractivity contribution in [3.05, 3.63) is 18.5 Å². The van der Waals surface area contributed by atoms with Crippen LogP contribution in [-0.2, 0) is 0 Å². The maximum Gasteiger partial charge on any atom is 0.325 e. The highest BCUT2D eigenvalue weighted by atomic mass is 32.2. The van der Waals surface area contributed by atoms with Gasteiger partial charge in [-0.2, -0.15) is 0 Å². The summed E-state index contributed by atoms with van der Waals surface area (Å²) < 4.78 is 1.65. The molecule has 2 aliphatic rings. The highest BCUT2D eigenvalue weighted by Gasteiger charge is 2.38. The van der Waals surface area contributed by atoms with Crippen molar-refractivity contribution in [3.63, 3.8) is 0 Å². The van der Waals surface area contributed by atoms with Gasteiger partial charge in [0.1, 0.15) is 0 Å². The Labute approximate surface area is 105 Å². The Kier molecular flexibility index (Phi) is 2.88. The number of nitrogens with one attached hydrogen (secondary N) is 1. The predicted molar refractivity (Wildman–Crippen MR) is 68.5 cm³/mol. The summed E-state index contributed by atoms with van der Waals surface area (Å²) >= 11 is 1.65. The second-order valence-electron chi connectivity index (χ2n) is 4.82. The number of thioether (sulfide) groups is 1. The van der Waals surface area contributed by atoms with Gasteiger partial charge in [-0.25, -0.2) is 4.79 Å². The van der Waals surface area contributed by atoms with Crippen molar-refractivity contribution in [1.29, 1.82) is 0 Å². The van der Waals surface area contributed by atoms with Gasteiger partial charge in [0, 0.05) is 36.4 Å². The van der Waals surface area contributed by atoms with E-state index in [9.17, 15) is 4.79 Å². The van der Waals surface area contributed by atoms with Crippen LogP contribution >= 0.6 is 11.8 Å². The van der Waals surface area contributed by atoms with Gasteiger partial charge < -0.3 is 10.2 Å². The summed E-state index contributed by atoms with van der Waals surface area (Å²) in [6.45, 7) is 3.39. The fourth-order valence-corrected chi connectivity index (χ4v) is 3.22. The van der Waals surface area contributed by atoms with Crippen LogP contribution in [0.4, 0.5) is 4.79 Å². The molecule has 4 nitrogen and oxygen atoms in total. The van der Waals surface area contributed by atoms with Gasteiger partial charge in [0.25, 0.3) is 0 Å². The third-order valence-corrected chi connectivity index (χ3v) is 4.49. The van der Waals surface area contributed by atoms with Crippen molar-refractivity contribution in [2.24, 2.45) is 5.92 Å². The highest BCUT2D eigenvalue weighted by molar-refractivity contribution is 7.98. The number of hydrogen-bond acceptors (Lipinski definition) is 3. The topological polar surface area (TPSA) is 37.3 Å². The summed E-state index contributed by atoms with van der Waals surface area (Å²) in [4.78, 5) is 15.6. The summed E-state index contributed by atoms with van der Waals surface area (Å²) in [6.07, 6.45) is 6.95. The lowest BCUT2D eigenvalue weighted by Crippen LogP contribution is -2.44. The zero-order chi connectivity index (χ0) is 11.8. The summed E-state index contributed by atoms with van der Waals surface area (Å²) in [5.41, 5.74) is 0. The number of fused-ring (bicyclic) bond motifs is 2. The molecule has 3 atom stereocenters. The molecule has 1 aromatic rings. The Hall–Kier alpha value is -0.940. The van der Waals surface area contributed by atoms with Gasteiger partial charge >= 0.3 is 6.03 Å². The first-order valence-electron chi connectivity index (χ1n) is 6.01. The van der Waals surface area contributed by atoms with Crippen LogP contribution in [0, 0.1) is 5.92 Å². The van der Waals surface area contributed by atoms with Crippen molar-refractivity contribution in [1.82, 2.24) is 14.8 Å². The van der Waals surface area contributed by atoms with Crippen LogP contribution < -0.4 is 5.32 Å². The van der Waals surface area contributed by atoms with Crippen LogP contribution in [0.15, 0.2) is 23.4 Å². The first kappa shape index (κ1) is 11.2. The van der Waals surface area contributed by atoms with E-state index in [1.807, 2.05) is 24.7 Å². The molecule has 1 aromatic heterocycles. The Morgan fingerprint density at radius 3 is 3.00 bits per heavy atom. The van der Waals surface area contributed by atoms with Crippen molar-refractivity contribution in [2.45, 2.75) is 17.4 Å². The molecule has 17 heavy (non-hydrogen) atoms. The van der Waals surface area contributed by atoms with Gasteiger partial charge in [0.15, 0.2) is 0 Å². The molecule has 2 saturated heterocycles. The smallest absolute Gasteiger partial charge is 0.325 e. The quantitative estimate of drug-likeness (QED) is 0.809. The number of carbonyl (C=O) groups excluding carboxylic acids is 1. The number of carbonyl (C=O) groups is 1. The summed E-state index contributed by atoms with van der Waals surface area (Å²) in [7, 11) is 0. The van der Waals surface area contributed by atoms with Crippen molar-refractivity contribution in [3.8, 4) is 0 Å². The van der Waals surface area contributed by atoms with Gasteiger partial charge in [-0.05, 0) is 31.2 Å². The van der Waals surface area contributed by atoms with E-state index in [1.165, 1.54) is 13.0 Å². The largest absolute Gasteiger partial charge is 0.333 e. The maximum absolute atomic E-state index is 12.0. The Morgan fingerprint density at radius 1 is 1.53 bits per heavy atom. The number of amides is 1. The lowest BCUT2D eigenvalue weighted by Gasteiger charge is -2.23. The van der Waals surface area contributed by atoms with Gasteiger partial charge in [0.2, 0.25) is 0 Å². The molecule has 3 heterocycles. The lowest BCUT2D eigenvalue weighted by atomic mass is 10.0. The van der Waals surface area contributed by atoms with Crippen LogP contribution in [0.2, 0.25) is 0 Å². The minimum Gasteiger partial charge on any atom is -0.333 e. The summed E-state index contributed by atoms with van der Waals surface area (Å²) in [5.74, 6) is 0.662. The van der Waals surface area contributed by atoms with Gasteiger partial charge in [-0.1, -0.05) is 0 Å². The molecule has 2 fully saturated rings. The van der Waals surface area contributed by atoms with E-state index in [0.717, 1.165) is 18.0 Å². The molecule has 0 saturated carbocycles. The normalized spacial score (nSPS) is 30.8. The van der Waals surface area contributed by atoms with Gasteiger partial charge in [0.05, 0.1) is 0 Å². The summed E-state index contributed by atoms with van der Waals surface area (Å²) in [6, 6.07) is 2.31. The molecule has 3 rings (SSSR count). The standard InChI is InChI=1S/C12H17N3OS/c1-17-10-3-5-15(7-10)12(16)13-11-8-14-4-2-9(11)6-14/h3,5,7,9,11H,2,4,6,8H2,1H3,(H,13,16)/t9-,11-/m0/s1. The van der Waals surface area contributed by atoms with Crippen LogP contribution in [0.1, 0.15) is 6.42 Å². The molecule has 2 bridgehead atoms. The Morgan fingerprint density at radius 2 is 2.41 bits per heavy atom. The molecule has 5 heteroatoms. The average molecular weight is 251 g/mol. The molecule has 0 aliphatic carbocycles. The number of nitrogens with zero attached hydrogens (tertiary/aromatic N) is 2. The summed E-state index contributed by atoms with van der Waals surface area (Å²) in [5, 5.41) is 3.14. The predicted octanol–water partition coefficient (Wildman–Crippen LogP) is 1.47. The fraction of sp³-hybridized carbons (Fsp3) is 0.583. The third-order valence-electron chi connectivity index (χ3n) is 3.78. The van der Waals surface area contributed by atoms with Crippen LogP contribution in [0.25, 0.3) is 0 Å². The van der Waals surface area contributed by atoms with E-state index in [-0.39, 0.29) is 6.03 Å². The van der Waals surface area contributed by atoms with Crippen LogP contribution in [-0.4, -0.2) is 47.4 Å². The van der Waals surface area contributed by atoms with Crippen molar-refractivity contribution in [2.75, 3.05) is 25.9 Å². The Bertz CT molecular complexity index is 431. The molecule has 0 spiro atoms. The van der Waals surface area contributed by atoms with E-state index < -0.39 is 0 Å². The maximum atomic E-state index is 12.0. The molecule has 1 unspecified atom stereocenters. The molecule has 92 valence electrons. The Balaban J connectivity index is 1.63. The van der Waals surface area contributed by atoms with Gasteiger partial charge in [-0.3, -0.25) is 4.57 Å². The van der Waals surface area contributed by atoms with E-state index in [1.54, 1.807) is 16.3 Å². The minimum absolute atomic E-state index is 0.00375. The van der Waals surface area contributed by atoms with Crippen molar-refractivity contribution >= 4 is 17.8 Å². The van der Waals surface area contributed by atoms with Crippen LogP contribution in [0.3, 0.4) is 0 Å². The number of hydrogen-bond donors (Lipinski definition) is 1. The first-order chi connectivity index (χ1) is 8.26. The zero-order valence-corrected chi connectivity index (χ0v) is 10.7. The number of aromatic nitrogens is 1. The monoisotopic (exact) mass is 251 g/mol. The molecular weight excluding hydrogens is 234 g/mol. The average Bonchev–Trinajstić information content (AvgIpc) is 3.04. The second kappa shape index (κ2) is 4.38. The van der Waals surface area contributed by atoms with E-state index in [2.05, 4.69) is 10.2 Å². The van der Waals surface area contributed by atoms with E-state index in [4.69, 9.17) is 0 Å². The third kappa shape index (κ3) is 2.09. The van der Waals surface area contributed by atoms with Crippen LogP contribution in [0.5, 0.6) is 0 Å². The molecule has 0 aromatic carbocycles. The second-order valence-corrected chi connectivity index (χ2v) is 5.70. The van der Waals surface area contributed by atoms with Crippen molar-refractivity contribution < 1.29 is 4.79 Å². The van der Waals surface area contributed by atoms with E-state index in [0.29, 0.717) is 12.0 Å². The number of piperidine rings is 1. The molecule has 0 radical (unpaired) electrons. The number of rotatable bonds is 2. The molecule has 1 amide bonds.